The van der Waals surface area contributed by atoms with E-state index in [1.807, 2.05) is 19.3 Å². The number of rotatable bonds is 4. The van der Waals surface area contributed by atoms with Crippen LogP contribution in [0.3, 0.4) is 0 Å². The monoisotopic (exact) mass is 274 g/mol. The minimum absolute atomic E-state index is 0.153. The summed E-state index contributed by atoms with van der Waals surface area (Å²) in [5.41, 5.74) is 7.62. The van der Waals surface area contributed by atoms with Gasteiger partial charge in [0.05, 0.1) is 12.2 Å². The van der Waals surface area contributed by atoms with Gasteiger partial charge in [0.25, 0.3) is 5.91 Å². The Bertz CT molecular complexity index is 603. The van der Waals surface area contributed by atoms with Crippen molar-refractivity contribution in [2.75, 3.05) is 0 Å². The Morgan fingerprint density at radius 3 is 2.47 bits per heavy atom. The lowest BCUT2D eigenvalue weighted by atomic mass is 10.1. The molecular formula is C13H14N4OS. The van der Waals surface area contributed by atoms with Gasteiger partial charge in [-0.1, -0.05) is 24.4 Å². The van der Waals surface area contributed by atoms with Crippen molar-refractivity contribution >= 4 is 23.1 Å². The Labute approximate surface area is 116 Å². The molecule has 0 aliphatic rings. The first-order valence-corrected chi connectivity index (χ1v) is 6.13. The lowest BCUT2D eigenvalue weighted by Crippen LogP contribution is -2.23. The molecule has 1 aromatic heterocycles. The van der Waals surface area contributed by atoms with Crippen molar-refractivity contribution in [2.45, 2.75) is 6.54 Å². The smallest absolute Gasteiger partial charge is 0.251 e. The molecule has 0 atom stereocenters. The molecule has 1 amide bonds. The highest BCUT2D eigenvalue weighted by Crippen LogP contribution is 2.05. The number of hydrogen-bond donors (Lipinski definition) is 2. The van der Waals surface area contributed by atoms with Gasteiger partial charge in [-0.15, -0.1) is 0 Å². The number of benzene rings is 1. The fourth-order valence-corrected chi connectivity index (χ4v) is 1.75. The number of amides is 1. The molecule has 0 fully saturated rings. The van der Waals surface area contributed by atoms with Crippen LogP contribution in [0.15, 0.2) is 36.5 Å². The normalized spacial score (nSPS) is 10.2. The molecule has 2 rings (SSSR count). The first kappa shape index (κ1) is 13.2. The molecule has 19 heavy (non-hydrogen) atoms. The predicted octanol–water partition coefficient (Wildman–Crippen LogP) is 0.984. The van der Waals surface area contributed by atoms with E-state index in [0.29, 0.717) is 17.1 Å². The summed E-state index contributed by atoms with van der Waals surface area (Å²) in [7, 11) is 1.83. The molecule has 98 valence electrons. The molecule has 0 unspecified atom stereocenters. The van der Waals surface area contributed by atoms with E-state index in [0.717, 1.165) is 11.3 Å². The summed E-state index contributed by atoms with van der Waals surface area (Å²) >= 11 is 4.86. The van der Waals surface area contributed by atoms with Crippen LogP contribution in [0.2, 0.25) is 0 Å². The summed E-state index contributed by atoms with van der Waals surface area (Å²) in [5.74, 6) is -0.153. The SMILES string of the molecule is Cn1ccc(CNC(=O)c2ccc(C(N)=S)cc2)n1. The number of carbonyl (C=O) groups is 1. The van der Waals surface area contributed by atoms with Gasteiger partial charge in [0, 0.05) is 24.4 Å². The number of carbonyl (C=O) groups excluding carboxylic acids is 1. The number of nitrogens with zero attached hydrogens (tertiary/aromatic N) is 2. The van der Waals surface area contributed by atoms with Crippen LogP contribution in [0.4, 0.5) is 0 Å². The Morgan fingerprint density at radius 2 is 1.95 bits per heavy atom. The molecule has 6 heteroatoms. The van der Waals surface area contributed by atoms with Crippen molar-refractivity contribution in [3.8, 4) is 0 Å². The van der Waals surface area contributed by atoms with Crippen molar-refractivity contribution in [1.82, 2.24) is 15.1 Å². The molecule has 0 aliphatic carbocycles. The lowest BCUT2D eigenvalue weighted by Gasteiger charge is -2.04. The van der Waals surface area contributed by atoms with E-state index in [4.69, 9.17) is 18.0 Å². The van der Waals surface area contributed by atoms with E-state index in [1.54, 1.807) is 28.9 Å². The summed E-state index contributed by atoms with van der Waals surface area (Å²) in [4.78, 5) is 12.2. The summed E-state index contributed by atoms with van der Waals surface area (Å²) < 4.78 is 1.69. The van der Waals surface area contributed by atoms with Crippen LogP contribution in [0.25, 0.3) is 0 Å². The van der Waals surface area contributed by atoms with Gasteiger partial charge in [-0.05, 0) is 18.2 Å². The van der Waals surface area contributed by atoms with E-state index in [9.17, 15) is 4.79 Å². The summed E-state index contributed by atoms with van der Waals surface area (Å²) in [5, 5.41) is 6.98. The van der Waals surface area contributed by atoms with Gasteiger partial charge in [-0.25, -0.2) is 0 Å². The zero-order valence-corrected chi connectivity index (χ0v) is 11.3. The van der Waals surface area contributed by atoms with E-state index in [2.05, 4.69) is 10.4 Å². The van der Waals surface area contributed by atoms with Gasteiger partial charge >= 0.3 is 0 Å². The van der Waals surface area contributed by atoms with Gasteiger partial charge in [0.1, 0.15) is 4.99 Å². The highest BCUT2D eigenvalue weighted by Gasteiger charge is 2.06. The quantitative estimate of drug-likeness (QED) is 0.815. The number of nitrogens with two attached hydrogens (primary N) is 1. The molecule has 0 radical (unpaired) electrons. The second-order valence-corrected chi connectivity index (χ2v) is 4.54. The Morgan fingerprint density at radius 1 is 1.32 bits per heavy atom. The zero-order valence-electron chi connectivity index (χ0n) is 10.5. The molecule has 0 aliphatic heterocycles. The Balaban J connectivity index is 1.98. The van der Waals surface area contributed by atoms with Gasteiger partial charge in [0.15, 0.2) is 0 Å². The maximum absolute atomic E-state index is 11.9. The van der Waals surface area contributed by atoms with Gasteiger partial charge in [0.2, 0.25) is 0 Å². The number of aryl methyl sites for hydroxylation is 1. The van der Waals surface area contributed by atoms with Gasteiger partial charge in [-0.3, -0.25) is 9.48 Å². The third-order valence-corrected chi connectivity index (χ3v) is 2.87. The van der Waals surface area contributed by atoms with Crippen LogP contribution in [-0.4, -0.2) is 20.7 Å². The molecule has 0 saturated heterocycles. The largest absolute Gasteiger partial charge is 0.389 e. The standard InChI is InChI=1S/C13H14N4OS/c1-17-7-6-11(16-17)8-15-13(18)10-4-2-9(3-5-10)12(14)19/h2-7H,8H2,1H3,(H2,14,19)(H,15,18). The molecule has 0 bridgehead atoms. The highest BCUT2D eigenvalue weighted by atomic mass is 32.1. The molecule has 1 heterocycles. The van der Waals surface area contributed by atoms with Crippen molar-refractivity contribution in [2.24, 2.45) is 12.8 Å². The fourth-order valence-electron chi connectivity index (χ4n) is 1.62. The minimum atomic E-state index is -0.153. The molecule has 2 aromatic rings. The van der Waals surface area contributed by atoms with Crippen molar-refractivity contribution in [1.29, 1.82) is 0 Å². The van der Waals surface area contributed by atoms with Crippen LogP contribution >= 0.6 is 12.2 Å². The highest BCUT2D eigenvalue weighted by molar-refractivity contribution is 7.80. The van der Waals surface area contributed by atoms with Crippen LogP contribution < -0.4 is 11.1 Å². The van der Waals surface area contributed by atoms with Gasteiger partial charge < -0.3 is 11.1 Å². The average Bonchev–Trinajstić information content (AvgIpc) is 2.82. The van der Waals surface area contributed by atoms with E-state index < -0.39 is 0 Å². The molecule has 0 spiro atoms. The average molecular weight is 274 g/mol. The third-order valence-electron chi connectivity index (χ3n) is 2.63. The number of nitrogens with one attached hydrogen (secondary N) is 1. The molecule has 5 nitrogen and oxygen atoms in total. The van der Waals surface area contributed by atoms with Gasteiger partial charge in [-0.2, -0.15) is 5.10 Å². The maximum Gasteiger partial charge on any atom is 0.251 e. The fraction of sp³-hybridized carbons (Fsp3) is 0.154. The van der Waals surface area contributed by atoms with Crippen molar-refractivity contribution < 1.29 is 4.79 Å². The first-order chi connectivity index (χ1) is 9.06. The first-order valence-electron chi connectivity index (χ1n) is 5.73. The second kappa shape index (κ2) is 5.62. The third kappa shape index (κ3) is 3.38. The second-order valence-electron chi connectivity index (χ2n) is 4.11. The lowest BCUT2D eigenvalue weighted by molar-refractivity contribution is 0.0950. The summed E-state index contributed by atoms with van der Waals surface area (Å²) in [6.07, 6.45) is 1.83. The van der Waals surface area contributed by atoms with E-state index >= 15 is 0 Å². The Kier molecular flexibility index (Phi) is 3.91. The van der Waals surface area contributed by atoms with E-state index in [-0.39, 0.29) is 5.91 Å². The van der Waals surface area contributed by atoms with E-state index in [1.165, 1.54) is 0 Å². The van der Waals surface area contributed by atoms with Crippen LogP contribution in [-0.2, 0) is 13.6 Å². The molecule has 1 aromatic carbocycles. The zero-order chi connectivity index (χ0) is 13.8. The molecular weight excluding hydrogens is 260 g/mol. The van der Waals surface area contributed by atoms with Crippen LogP contribution in [0.5, 0.6) is 0 Å². The van der Waals surface area contributed by atoms with Crippen molar-refractivity contribution in [3.05, 3.63) is 53.3 Å². The topological polar surface area (TPSA) is 72.9 Å². The predicted molar refractivity (Wildman–Crippen MR) is 76.7 cm³/mol. The minimum Gasteiger partial charge on any atom is -0.389 e. The van der Waals surface area contributed by atoms with Crippen LogP contribution in [0, 0.1) is 0 Å². The maximum atomic E-state index is 11.9. The number of thiocarbonyl (C=S) groups is 1. The van der Waals surface area contributed by atoms with Crippen LogP contribution in [0.1, 0.15) is 21.6 Å². The van der Waals surface area contributed by atoms with Crippen molar-refractivity contribution in [3.63, 3.8) is 0 Å². The Hall–Kier alpha value is -2.21. The molecule has 3 N–H and O–H groups in total. The summed E-state index contributed by atoms with van der Waals surface area (Å²) in [6, 6.07) is 8.72. The number of aromatic nitrogens is 2. The molecule has 0 saturated carbocycles. The number of hydrogen-bond acceptors (Lipinski definition) is 3. The summed E-state index contributed by atoms with van der Waals surface area (Å²) in [6.45, 7) is 0.400.